The highest BCUT2D eigenvalue weighted by molar-refractivity contribution is 5.90. The van der Waals surface area contributed by atoms with Gasteiger partial charge in [-0.15, -0.1) is 0 Å². The van der Waals surface area contributed by atoms with Gasteiger partial charge in [0, 0.05) is 32.3 Å². The van der Waals surface area contributed by atoms with Gasteiger partial charge in [-0.3, -0.25) is 4.79 Å². The molecule has 0 aliphatic rings. The molecule has 1 aromatic rings. The van der Waals surface area contributed by atoms with E-state index in [1.807, 2.05) is 37.2 Å². The second-order valence-corrected chi connectivity index (χ2v) is 4.58. The number of nitrogens with two attached hydrogens (primary N) is 1. The number of nitrogens with zero attached hydrogens (tertiary/aromatic N) is 1. The van der Waals surface area contributed by atoms with Crippen molar-refractivity contribution in [1.29, 1.82) is 0 Å². The largest absolute Gasteiger partial charge is 0.377 e. The number of primary amides is 1. The monoisotopic (exact) mass is 260 g/mol. The predicted molar refractivity (Wildman–Crippen MR) is 78.0 cm³/mol. The van der Waals surface area contributed by atoms with Gasteiger partial charge >= 0.3 is 0 Å². The van der Waals surface area contributed by atoms with Gasteiger partial charge < -0.3 is 15.4 Å². The van der Waals surface area contributed by atoms with Crippen LogP contribution in [-0.2, 0) is 16.0 Å². The summed E-state index contributed by atoms with van der Waals surface area (Å²) in [4.78, 5) is 23.1. The lowest BCUT2D eigenvalue weighted by Gasteiger charge is -2.18. The van der Waals surface area contributed by atoms with E-state index in [-0.39, 0.29) is 0 Å². The summed E-state index contributed by atoms with van der Waals surface area (Å²) in [5.74, 6) is -0.457. The third-order valence-corrected chi connectivity index (χ3v) is 2.80. The molecule has 0 saturated heterocycles. The molecule has 2 N–H and O–H groups in total. The first-order chi connectivity index (χ1) is 9.04. The first-order valence-electron chi connectivity index (χ1n) is 6.26. The molecule has 0 bridgehead atoms. The summed E-state index contributed by atoms with van der Waals surface area (Å²) < 4.78 is 0. The van der Waals surface area contributed by atoms with E-state index in [0.717, 1.165) is 30.4 Å². The van der Waals surface area contributed by atoms with Crippen molar-refractivity contribution in [1.82, 2.24) is 0 Å². The van der Waals surface area contributed by atoms with Crippen LogP contribution in [0.4, 0.5) is 5.69 Å². The van der Waals surface area contributed by atoms with Gasteiger partial charge in [0.1, 0.15) is 6.29 Å². The highest BCUT2D eigenvalue weighted by atomic mass is 16.1. The van der Waals surface area contributed by atoms with Crippen molar-refractivity contribution < 1.29 is 9.59 Å². The zero-order valence-corrected chi connectivity index (χ0v) is 11.4. The SMILES string of the molecule is CN(C)c1cc(/C=C/C(N)=O)ccc1CCCC=O. The molecule has 1 aromatic carbocycles. The van der Waals surface area contributed by atoms with E-state index in [9.17, 15) is 9.59 Å². The first-order valence-corrected chi connectivity index (χ1v) is 6.26. The number of rotatable bonds is 7. The van der Waals surface area contributed by atoms with E-state index in [1.165, 1.54) is 11.6 Å². The Balaban J connectivity index is 2.94. The van der Waals surface area contributed by atoms with Crippen LogP contribution in [0.5, 0.6) is 0 Å². The molecular weight excluding hydrogens is 240 g/mol. The van der Waals surface area contributed by atoms with Gasteiger partial charge in [-0.1, -0.05) is 12.1 Å². The zero-order chi connectivity index (χ0) is 14.3. The number of hydrogen-bond acceptors (Lipinski definition) is 3. The van der Waals surface area contributed by atoms with E-state index in [1.54, 1.807) is 6.08 Å². The number of carbonyl (C=O) groups is 2. The van der Waals surface area contributed by atoms with Crippen molar-refractivity contribution in [2.45, 2.75) is 19.3 Å². The Morgan fingerprint density at radius 3 is 2.68 bits per heavy atom. The zero-order valence-electron chi connectivity index (χ0n) is 11.4. The van der Waals surface area contributed by atoms with Crippen LogP contribution in [0.15, 0.2) is 24.3 Å². The Bertz CT molecular complexity index is 479. The van der Waals surface area contributed by atoms with Crippen molar-refractivity contribution >= 4 is 24.0 Å². The van der Waals surface area contributed by atoms with Crippen LogP contribution in [0.2, 0.25) is 0 Å². The average molecular weight is 260 g/mol. The summed E-state index contributed by atoms with van der Waals surface area (Å²) in [6.45, 7) is 0. The Kier molecular flexibility index (Phi) is 5.79. The second kappa shape index (κ2) is 7.36. The number of aryl methyl sites for hydroxylation is 1. The lowest BCUT2D eigenvalue weighted by Crippen LogP contribution is -2.11. The molecule has 1 amide bonds. The van der Waals surface area contributed by atoms with Gasteiger partial charge in [0.15, 0.2) is 0 Å². The Morgan fingerprint density at radius 1 is 1.37 bits per heavy atom. The van der Waals surface area contributed by atoms with E-state index in [2.05, 4.69) is 0 Å². The fourth-order valence-electron chi connectivity index (χ4n) is 1.87. The van der Waals surface area contributed by atoms with Gasteiger partial charge in [-0.05, 0) is 36.1 Å². The molecule has 0 aliphatic heterocycles. The molecule has 0 fully saturated rings. The summed E-state index contributed by atoms with van der Waals surface area (Å²) in [7, 11) is 3.94. The molecule has 0 radical (unpaired) electrons. The second-order valence-electron chi connectivity index (χ2n) is 4.58. The standard InChI is InChI=1S/C15H20N2O2/c1-17(2)14-11-12(7-9-15(16)19)6-8-13(14)5-3-4-10-18/h6-11H,3-5H2,1-2H3,(H2,16,19)/b9-7+. The fourth-order valence-corrected chi connectivity index (χ4v) is 1.87. The number of unbranched alkanes of at least 4 members (excludes halogenated alkanes) is 1. The van der Waals surface area contributed by atoms with Crippen molar-refractivity contribution in [2.24, 2.45) is 5.73 Å². The fraction of sp³-hybridized carbons (Fsp3) is 0.333. The summed E-state index contributed by atoms with van der Waals surface area (Å²) in [5, 5.41) is 0. The Morgan fingerprint density at radius 2 is 2.11 bits per heavy atom. The van der Waals surface area contributed by atoms with Crippen LogP contribution in [0.1, 0.15) is 24.0 Å². The van der Waals surface area contributed by atoms with E-state index in [4.69, 9.17) is 5.73 Å². The van der Waals surface area contributed by atoms with Crippen LogP contribution < -0.4 is 10.6 Å². The topological polar surface area (TPSA) is 63.4 Å². The quantitative estimate of drug-likeness (QED) is 0.461. The molecule has 4 heteroatoms. The van der Waals surface area contributed by atoms with Crippen LogP contribution in [-0.4, -0.2) is 26.3 Å². The van der Waals surface area contributed by atoms with Gasteiger partial charge in [0.2, 0.25) is 5.91 Å². The normalized spacial score (nSPS) is 10.6. The molecule has 0 aliphatic carbocycles. The molecule has 0 aromatic heterocycles. The molecule has 4 nitrogen and oxygen atoms in total. The molecule has 0 saturated carbocycles. The lowest BCUT2D eigenvalue weighted by molar-refractivity contribution is -0.113. The molecular formula is C15H20N2O2. The predicted octanol–water partition coefficient (Wildman–Crippen LogP) is 1.77. The first kappa shape index (κ1) is 15.0. The number of benzene rings is 1. The van der Waals surface area contributed by atoms with Crippen molar-refractivity contribution in [2.75, 3.05) is 19.0 Å². The molecule has 19 heavy (non-hydrogen) atoms. The van der Waals surface area contributed by atoms with Crippen LogP contribution in [0.25, 0.3) is 6.08 Å². The number of hydrogen-bond donors (Lipinski definition) is 1. The summed E-state index contributed by atoms with van der Waals surface area (Å²) in [6.07, 6.45) is 6.29. The number of amides is 1. The van der Waals surface area contributed by atoms with Crippen molar-refractivity contribution in [3.05, 3.63) is 35.4 Å². The van der Waals surface area contributed by atoms with E-state index >= 15 is 0 Å². The summed E-state index contributed by atoms with van der Waals surface area (Å²) >= 11 is 0. The number of aldehydes is 1. The Labute approximate surface area is 113 Å². The van der Waals surface area contributed by atoms with E-state index < -0.39 is 5.91 Å². The summed E-state index contributed by atoms with van der Waals surface area (Å²) in [6, 6.07) is 5.99. The summed E-state index contributed by atoms with van der Waals surface area (Å²) in [5.41, 5.74) is 8.30. The third-order valence-electron chi connectivity index (χ3n) is 2.80. The van der Waals surface area contributed by atoms with Crippen molar-refractivity contribution in [3.63, 3.8) is 0 Å². The molecule has 0 heterocycles. The molecule has 1 rings (SSSR count). The molecule has 0 spiro atoms. The average Bonchev–Trinajstić information content (AvgIpc) is 2.37. The van der Waals surface area contributed by atoms with Crippen LogP contribution in [0, 0.1) is 0 Å². The van der Waals surface area contributed by atoms with Gasteiger partial charge in [-0.2, -0.15) is 0 Å². The highest BCUT2D eigenvalue weighted by Crippen LogP contribution is 2.23. The number of anilines is 1. The van der Waals surface area contributed by atoms with Crippen molar-refractivity contribution in [3.8, 4) is 0 Å². The number of carbonyl (C=O) groups excluding carboxylic acids is 2. The lowest BCUT2D eigenvalue weighted by atomic mass is 10.0. The highest BCUT2D eigenvalue weighted by Gasteiger charge is 2.05. The maximum absolute atomic E-state index is 10.7. The van der Waals surface area contributed by atoms with Crippen LogP contribution >= 0.6 is 0 Å². The minimum absolute atomic E-state index is 0.457. The minimum atomic E-state index is -0.457. The maximum atomic E-state index is 10.7. The third kappa shape index (κ3) is 4.95. The van der Waals surface area contributed by atoms with Gasteiger partial charge in [0.25, 0.3) is 0 Å². The Hall–Kier alpha value is -2.10. The van der Waals surface area contributed by atoms with Crippen LogP contribution in [0.3, 0.4) is 0 Å². The minimum Gasteiger partial charge on any atom is -0.377 e. The van der Waals surface area contributed by atoms with E-state index in [0.29, 0.717) is 6.42 Å². The smallest absolute Gasteiger partial charge is 0.241 e. The maximum Gasteiger partial charge on any atom is 0.241 e. The molecule has 0 unspecified atom stereocenters. The molecule has 102 valence electrons. The molecule has 0 atom stereocenters. The van der Waals surface area contributed by atoms with Gasteiger partial charge in [-0.25, -0.2) is 0 Å². The van der Waals surface area contributed by atoms with Gasteiger partial charge in [0.05, 0.1) is 0 Å².